The molecular formula is C16H17N3O3. The third-order valence-electron chi connectivity index (χ3n) is 3.04. The van der Waals surface area contributed by atoms with E-state index >= 15 is 0 Å². The highest BCUT2D eigenvalue weighted by atomic mass is 16.5. The molecule has 0 spiro atoms. The van der Waals surface area contributed by atoms with E-state index in [4.69, 9.17) is 0 Å². The molecule has 2 amide bonds. The van der Waals surface area contributed by atoms with Crippen LogP contribution in [0.2, 0.25) is 0 Å². The average Bonchev–Trinajstić information content (AvgIpc) is 2.53. The number of nitrogens with zero attached hydrogens (tertiary/aromatic N) is 1. The van der Waals surface area contributed by atoms with E-state index in [0.717, 1.165) is 5.56 Å². The van der Waals surface area contributed by atoms with Gasteiger partial charge in [-0.25, -0.2) is 0 Å². The quantitative estimate of drug-likeness (QED) is 0.638. The summed E-state index contributed by atoms with van der Waals surface area (Å²) >= 11 is 0. The van der Waals surface area contributed by atoms with E-state index in [9.17, 15) is 14.8 Å². The number of hydrogen-bond donors (Lipinski definition) is 2. The van der Waals surface area contributed by atoms with Crippen LogP contribution in [0.3, 0.4) is 0 Å². The molecule has 0 aliphatic heterocycles. The Morgan fingerprint density at radius 3 is 2.64 bits per heavy atom. The molecule has 0 fully saturated rings. The molecular weight excluding hydrogens is 282 g/mol. The second-order valence-electron chi connectivity index (χ2n) is 4.65. The van der Waals surface area contributed by atoms with E-state index in [2.05, 4.69) is 10.6 Å². The number of rotatable bonds is 5. The lowest BCUT2D eigenvalue weighted by Gasteiger charge is -2.07. The van der Waals surface area contributed by atoms with E-state index in [1.807, 2.05) is 6.92 Å². The molecule has 0 radical (unpaired) electrons. The lowest BCUT2D eigenvalue weighted by atomic mass is 10.1. The predicted molar refractivity (Wildman–Crippen MR) is 81.0 cm³/mol. The van der Waals surface area contributed by atoms with Gasteiger partial charge in [-0.05, 0) is 30.7 Å². The number of carbonyl (C=O) groups excluding carboxylic acids is 2. The molecule has 6 nitrogen and oxygen atoms in total. The van der Waals surface area contributed by atoms with Crippen molar-refractivity contribution in [1.29, 1.82) is 0 Å². The monoisotopic (exact) mass is 299 g/mol. The molecule has 114 valence electrons. The van der Waals surface area contributed by atoms with Gasteiger partial charge in [0.1, 0.15) is 0 Å². The Morgan fingerprint density at radius 2 is 1.91 bits per heavy atom. The Balaban J connectivity index is 2.03. The smallest absolute Gasteiger partial charge is 0.317 e. The highest BCUT2D eigenvalue weighted by Crippen LogP contribution is 2.05. The van der Waals surface area contributed by atoms with Gasteiger partial charge in [0.15, 0.2) is 6.20 Å². The van der Waals surface area contributed by atoms with Crippen LogP contribution in [0.15, 0.2) is 48.7 Å². The molecule has 6 heteroatoms. The molecule has 0 saturated carbocycles. The highest BCUT2D eigenvalue weighted by molar-refractivity contribution is 5.94. The Morgan fingerprint density at radius 1 is 1.09 bits per heavy atom. The number of nitrogens with one attached hydrogen (secondary N) is 2. The fourth-order valence-corrected chi connectivity index (χ4v) is 1.96. The van der Waals surface area contributed by atoms with Gasteiger partial charge in [-0.3, -0.25) is 9.59 Å². The van der Waals surface area contributed by atoms with Gasteiger partial charge < -0.3 is 15.8 Å². The molecule has 0 unspecified atom stereocenters. The molecule has 0 saturated heterocycles. The van der Waals surface area contributed by atoms with Crippen LogP contribution in [-0.2, 0) is 6.54 Å². The van der Waals surface area contributed by atoms with Gasteiger partial charge in [0, 0.05) is 30.8 Å². The van der Waals surface area contributed by atoms with Crippen LogP contribution in [0.1, 0.15) is 33.3 Å². The predicted octanol–water partition coefficient (Wildman–Crippen LogP) is 1.000. The maximum Gasteiger partial charge on any atom is 0.317 e. The van der Waals surface area contributed by atoms with Crippen molar-refractivity contribution >= 4 is 11.8 Å². The van der Waals surface area contributed by atoms with Crippen molar-refractivity contribution in [2.75, 3.05) is 6.54 Å². The summed E-state index contributed by atoms with van der Waals surface area (Å²) in [6, 6.07) is 11.6. The number of benzene rings is 1. The van der Waals surface area contributed by atoms with Gasteiger partial charge >= 0.3 is 5.91 Å². The average molecular weight is 299 g/mol. The maximum atomic E-state index is 11.9. The number of aromatic nitrogens is 1. The van der Waals surface area contributed by atoms with E-state index in [1.54, 1.807) is 36.4 Å². The van der Waals surface area contributed by atoms with Crippen molar-refractivity contribution in [3.05, 3.63) is 70.7 Å². The minimum atomic E-state index is -0.459. The number of amides is 2. The third kappa shape index (κ3) is 3.82. The molecule has 1 heterocycles. The summed E-state index contributed by atoms with van der Waals surface area (Å²) in [5.74, 6) is -0.616. The van der Waals surface area contributed by atoms with E-state index < -0.39 is 5.91 Å². The summed E-state index contributed by atoms with van der Waals surface area (Å²) in [5, 5.41) is 16.9. The van der Waals surface area contributed by atoms with Gasteiger partial charge in [-0.15, -0.1) is 0 Å². The Hall–Kier alpha value is -2.89. The fourth-order valence-electron chi connectivity index (χ4n) is 1.96. The first-order valence-electron chi connectivity index (χ1n) is 6.95. The van der Waals surface area contributed by atoms with Crippen LogP contribution in [0.25, 0.3) is 0 Å². The minimum absolute atomic E-state index is 0.0300. The molecule has 0 aliphatic rings. The molecule has 2 N–H and O–H groups in total. The first-order chi connectivity index (χ1) is 10.6. The van der Waals surface area contributed by atoms with Gasteiger partial charge in [-0.1, -0.05) is 12.1 Å². The first kappa shape index (κ1) is 15.5. The molecule has 0 atom stereocenters. The van der Waals surface area contributed by atoms with E-state index in [1.165, 1.54) is 12.3 Å². The maximum absolute atomic E-state index is 11.9. The van der Waals surface area contributed by atoms with Crippen LogP contribution >= 0.6 is 0 Å². The van der Waals surface area contributed by atoms with Crippen molar-refractivity contribution in [1.82, 2.24) is 10.6 Å². The van der Waals surface area contributed by atoms with Crippen molar-refractivity contribution in [3.8, 4) is 0 Å². The zero-order valence-corrected chi connectivity index (χ0v) is 12.2. The third-order valence-corrected chi connectivity index (χ3v) is 3.04. The summed E-state index contributed by atoms with van der Waals surface area (Å²) in [4.78, 5) is 23.7. The highest BCUT2D eigenvalue weighted by Gasteiger charge is 2.14. The van der Waals surface area contributed by atoms with E-state index in [0.29, 0.717) is 16.8 Å². The Bertz CT molecular complexity index is 686. The lowest BCUT2D eigenvalue weighted by molar-refractivity contribution is -0.607. The summed E-state index contributed by atoms with van der Waals surface area (Å²) < 4.78 is 0.514. The second kappa shape index (κ2) is 7.21. The summed E-state index contributed by atoms with van der Waals surface area (Å²) in [6.07, 6.45) is 1.27. The Kier molecular flexibility index (Phi) is 5.08. The topological polar surface area (TPSA) is 85.1 Å². The zero-order valence-electron chi connectivity index (χ0n) is 12.2. The van der Waals surface area contributed by atoms with Crippen molar-refractivity contribution in [2.24, 2.45) is 0 Å². The zero-order chi connectivity index (χ0) is 15.9. The van der Waals surface area contributed by atoms with Crippen LogP contribution in [0, 0.1) is 5.21 Å². The minimum Gasteiger partial charge on any atom is -0.618 e. The van der Waals surface area contributed by atoms with Gasteiger partial charge in [0.25, 0.3) is 11.6 Å². The standard InChI is InChI=1S/C16H17N3O3/c1-2-17-15(20)13-7-5-6-12(10-13)11-18-16(21)14-8-3-4-9-19(14)22/h3-10H,2,11H2,1H3,(H,17,20)(H,18,21). The first-order valence-corrected chi connectivity index (χ1v) is 6.95. The van der Waals surface area contributed by atoms with Crippen LogP contribution in [0.5, 0.6) is 0 Å². The van der Waals surface area contributed by atoms with Crippen molar-refractivity contribution in [2.45, 2.75) is 13.5 Å². The van der Waals surface area contributed by atoms with Crippen LogP contribution in [-0.4, -0.2) is 18.4 Å². The Labute approximate surface area is 128 Å². The molecule has 1 aromatic carbocycles. The van der Waals surface area contributed by atoms with Crippen LogP contribution in [0.4, 0.5) is 0 Å². The van der Waals surface area contributed by atoms with Gasteiger partial charge in [0.2, 0.25) is 0 Å². The second-order valence-corrected chi connectivity index (χ2v) is 4.65. The molecule has 2 rings (SSSR count). The molecule has 22 heavy (non-hydrogen) atoms. The van der Waals surface area contributed by atoms with Crippen molar-refractivity contribution < 1.29 is 14.3 Å². The lowest BCUT2D eigenvalue weighted by Crippen LogP contribution is -2.38. The summed E-state index contributed by atoms with van der Waals surface area (Å²) in [6.45, 7) is 2.64. The molecule has 2 aromatic rings. The number of pyridine rings is 1. The number of hydrogen-bond acceptors (Lipinski definition) is 3. The molecule has 1 aromatic heterocycles. The number of carbonyl (C=O) groups is 2. The largest absolute Gasteiger partial charge is 0.618 e. The van der Waals surface area contributed by atoms with Crippen LogP contribution < -0.4 is 15.4 Å². The van der Waals surface area contributed by atoms with Gasteiger partial charge in [-0.2, -0.15) is 4.73 Å². The molecule has 0 aliphatic carbocycles. The fraction of sp³-hybridized carbons (Fsp3) is 0.188. The summed E-state index contributed by atoms with van der Waals surface area (Å²) in [7, 11) is 0. The summed E-state index contributed by atoms with van der Waals surface area (Å²) in [5.41, 5.74) is 1.35. The molecule has 0 bridgehead atoms. The van der Waals surface area contributed by atoms with Gasteiger partial charge in [0.05, 0.1) is 0 Å². The van der Waals surface area contributed by atoms with E-state index in [-0.39, 0.29) is 18.1 Å². The normalized spacial score (nSPS) is 10.0. The van der Waals surface area contributed by atoms with Crippen molar-refractivity contribution in [3.63, 3.8) is 0 Å². The SMILES string of the molecule is CCNC(=O)c1cccc(CNC(=O)c2cccc[n+]2[O-])c1.